The number of carbonyl (C=O) groups is 1. The van der Waals surface area contributed by atoms with Crippen LogP contribution in [0.5, 0.6) is 0 Å². The van der Waals surface area contributed by atoms with Crippen molar-refractivity contribution in [3.05, 3.63) is 29.6 Å². The van der Waals surface area contributed by atoms with E-state index in [0.717, 1.165) is 6.08 Å². The molecule has 4 nitrogen and oxygen atoms in total. The van der Waals surface area contributed by atoms with Gasteiger partial charge in [0, 0.05) is 6.08 Å². The fourth-order valence-corrected chi connectivity index (χ4v) is 0.841. The highest BCUT2D eigenvalue weighted by molar-refractivity contribution is 5.84. The Balaban J connectivity index is 2.92. The van der Waals surface area contributed by atoms with Crippen molar-refractivity contribution in [2.75, 3.05) is 5.73 Å². The monoisotopic (exact) mass is 178 g/mol. The molecule has 0 aliphatic carbocycles. The van der Waals surface area contributed by atoms with Crippen LogP contribution in [0.2, 0.25) is 0 Å². The highest BCUT2D eigenvalue weighted by atomic mass is 16.4. The van der Waals surface area contributed by atoms with Gasteiger partial charge >= 0.3 is 5.97 Å². The number of aromatic nitrogens is 1. The standard InChI is InChI=1S/C9H10N2O2/c1-6-8(10)4-2-7(11-6)3-5-9(12)13/h2-5H,10H2,1H3,(H,12,13). The molecule has 0 saturated carbocycles. The molecule has 13 heavy (non-hydrogen) atoms. The number of hydrogen-bond acceptors (Lipinski definition) is 3. The van der Waals surface area contributed by atoms with Gasteiger partial charge in [-0.2, -0.15) is 0 Å². The Hall–Kier alpha value is -1.84. The molecule has 0 amide bonds. The first-order valence-corrected chi connectivity index (χ1v) is 3.73. The van der Waals surface area contributed by atoms with Crippen molar-refractivity contribution in [2.45, 2.75) is 6.92 Å². The lowest BCUT2D eigenvalue weighted by Gasteiger charge is -1.98. The van der Waals surface area contributed by atoms with Crippen LogP contribution in [0, 0.1) is 6.92 Å². The summed E-state index contributed by atoms with van der Waals surface area (Å²) in [6.45, 7) is 1.77. The van der Waals surface area contributed by atoms with Gasteiger partial charge in [-0.05, 0) is 25.1 Å². The van der Waals surface area contributed by atoms with E-state index in [1.54, 1.807) is 19.1 Å². The van der Waals surface area contributed by atoms with Gasteiger partial charge < -0.3 is 10.8 Å². The van der Waals surface area contributed by atoms with E-state index >= 15 is 0 Å². The van der Waals surface area contributed by atoms with Gasteiger partial charge in [0.25, 0.3) is 0 Å². The molecule has 0 radical (unpaired) electrons. The van der Waals surface area contributed by atoms with Crippen LogP contribution < -0.4 is 5.73 Å². The van der Waals surface area contributed by atoms with Crippen LogP contribution in [-0.4, -0.2) is 16.1 Å². The van der Waals surface area contributed by atoms with Gasteiger partial charge in [0.1, 0.15) is 0 Å². The second kappa shape index (κ2) is 3.71. The molecule has 3 N–H and O–H groups in total. The highest BCUT2D eigenvalue weighted by Gasteiger charge is 1.95. The first kappa shape index (κ1) is 9.25. The van der Waals surface area contributed by atoms with E-state index in [0.29, 0.717) is 17.1 Å². The Labute approximate surface area is 75.7 Å². The van der Waals surface area contributed by atoms with E-state index in [2.05, 4.69) is 4.98 Å². The maximum atomic E-state index is 10.2. The molecule has 0 aliphatic rings. The van der Waals surface area contributed by atoms with Crippen LogP contribution in [0.3, 0.4) is 0 Å². The van der Waals surface area contributed by atoms with Crippen molar-refractivity contribution in [1.29, 1.82) is 0 Å². The summed E-state index contributed by atoms with van der Waals surface area (Å²) in [5.74, 6) is -0.990. The molecule has 0 bridgehead atoms. The third kappa shape index (κ3) is 2.59. The molecule has 1 aromatic rings. The molecule has 0 unspecified atom stereocenters. The Kier molecular flexibility index (Phi) is 2.64. The van der Waals surface area contributed by atoms with Crippen molar-refractivity contribution in [3.63, 3.8) is 0 Å². The normalized spacial score (nSPS) is 10.5. The largest absolute Gasteiger partial charge is 0.478 e. The van der Waals surface area contributed by atoms with Gasteiger partial charge in [-0.15, -0.1) is 0 Å². The first-order valence-electron chi connectivity index (χ1n) is 3.73. The first-order chi connectivity index (χ1) is 6.09. The van der Waals surface area contributed by atoms with Gasteiger partial charge in [0.05, 0.1) is 17.1 Å². The maximum Gasteiger partial charge on any atom is 0.328 e. The molecule has 1 rings (SSSR count). The summed E-state index contributed by atoms with van der Waals surface area (Å²) in [5, 5.41) is 8.36. The van der Waals surface area contributed by atoms with Crippen LogP contribution in [0.4, 0.5) is 5.69 Å². The van der Waals surface area contributed by atoms with E-state index < -0.39 is 5.97 Å². The average Bonchev–Trinajstić information content (AvgIpc) is 2.07. The van der Waals surface area contributed by atoms with Gasteiger partial charge in [-0.25, -0.2) is 4.79 Å². The molecule has 0 aromatic carbocycles. The summed E-state index contributed by atoms with van der Waals surface area (Å²) >= 11 is 0. The van der Waals surface area contributed by atoms with E-state index in [1.807, 2.05) is 0 Å². The Morgan fingerprint density at radius 3 is 2.85 bits per heavy atom. The fraction of sp³-hybridized carbons (Fsp3) is 0.111. The third-order valence-electron chi connectivity index (χ3n) is 1.54. The summed E-state index contributed by atoms with van der Waals surface area (Å²) in [7, 11) is 0. The van der Waals surface area contributed by atoms with E-state index in [4.69, 9.17) is 10.8 Å². The third-order valence-corrected chi connectivity index (χ3v) is 1.54. The summed E-state index contributed by atoms with van der Waals surface area (Å²) in [6.07, 6.45) is 2.47. The molecule has 1 heterocycles. The summed E-state index contributed by atoms with van der Waals surface area (Å²) in [4.78, 5) is 14.3. The summed E-state index contributed by atoms with van der Waals surface area (Å²) in [6, 6.07) is 3.37. The second-order valence-electron chi connectivity index (χ2n) is 2.58. The topological polar surface area (TPSA) is 76.2 Å². The fourth-order valence-electron chi connectivity index (χ4n) is 0.841. The number of nitrogens with two attached hydrogens (primary N) is 1. The number of nitrogen functional groups attached to an aromatic ring is 1. The van der Waals surface area contributed by atoms with Crippen molar-refractivity contribution in [3.8, 4) is 0 Å². The number of carboxylic acids is 1. The highest BCUT2D eigenvalue weighted by Crippen LogP contribution is 2.08. The average molecular weight is 178 g/mol. The molecular weight excluding hydrogens is 168 g/mol. The van der Waals surface area contributed by atoms with E-state index in [1.165, 1.54) is 6.08 Å². The predicted molar refractivity (Wildman–Crippen MR) is 50.1 cm³/mol. The molecule has 1 aromatic heterocycles. The lowest BCUT2D eigenvalue weighted by Crippen LogP contribution is -1.94. The number of aliphatic carboxylic acids is 1. The van der Waals surface area contributed by atoms with Gasteiger partial charge in [0.15, 0.2) is 0 Å². The van der Waals surface area contributed by atoms with E-state index in [9.17, 15) is 4.79 Å². The molecule has 0 fully saturated rings. The molecule has 0 aliphatic heterocycles. The Morgan fingerprint density at radius 1 is 1.62 bits per heavy atom. The number of anilines is 1. The van der Waals surface area contributed by atoms with Gasteiger partial charge in [-0.1, -0.05) is 0 Å². The maximum absolute atomic E-state index is 10.2. The molecule has 0 spiro atoms. The van der Waals surface area contributed by atoms with Crippen LogP contribution >= 0.6 is 0 Å². The number of hydrogen-bond donors (Lipinski definition) is 2. The van der Waals surface area contributed by atoms with Crippen molar-refractivity contribution >= 4 is 17.7 Å². The second-order valence-corrected chi connectivity index (χ2v) is 2.58. The zero-order valence-electron chi connectivity index (χ0n) is 7.19. The minimum absolute atomic E-state index is 0.592. The lowest BCUT2D eigenvalue weighted by molar-refractivity contribution is -0.131. The SMILES string of the molecule is Cc1nc(C=CC(=O)O)ccc1N. The van der Waals surface area contributed by atoms with Crippen molar-refractivity contribution < 1.29 is 9.90 Å². The zero-order valence-corrected chi connectivity index (χ0v) is 7.19. The van der Waals surface area contributed by atoms with Crippen molar-refractivity contribution in [1.82, 2.24) is 4.98 Å². The minimum Gasteiger partial charge on any atom is -0.478 e. The Morgan fingerprint density at radius 2 is 2.31 bits per heavy atom. The van der Waals surface area contributed by atoms with Crippen LogP contribution in [-0.2, 0) is 4.79 Å². The smallest absolute Gasteiger partial charge is 0.328 e. The zero-order chi connectivity index (χ0) is 9.84. The molecule has 0 saturated heterocycles. The minimum atomic E-state index is -0.990. The van der Waals surface area contributed by atoms with Gasteiger partial charge in [0.2, 0.25) is 0 Å². The quantitative estimate of drug-likeness (QED) is 0.664. The van der Waals surface area contributed by atoms with Crippen LogP contribution in [0.15, 0.2) is 18.2 Å². The van der Waals surface area contributed by atoms with Crippen molar-refractivity contribution in [2.24, 2.45) is 0 Å². The molecule has 68 valence electrons. The predicted octanol–water partition coefficient (Wildman–Crippen LogP) is 1.07. The summed E-state index contributed by atoms with van der Waals surface area (Å²) in [5.41, 5.74) is 7.44. The number of carboxylic acid groups (broad SMARTS) is 1. The Bertz CT molecular complexity index is 359. The molecular formula is C9H10N2O2. The van der Waals surface area contributed by atoms with E-state index in [-0.39, 0.29) is 0 Å². The number of rotatable bonds is 2. The molecule has 4 heteroatoms. The number of aryl methyl sites for hydroxylation is 1. The van der Waals surface area contributed by atoms with Crippen LogP contribution in [0.25, 0.3) is 6.08 Å². The van der Waals surface area contributed by atoms with Crippen LogP contribution in [0.1, 0.15) is 11.4 Å². The van der Waals surface area contributed by atoms with Gasteiger partial charge in [-0.3, -0.25) is 4.98 Å². The lowest BCUT2D eigenvalue weighted by atomic mass is 10.2. The number of pyridine rings is 1. The molecule has 0 atom stereocenters. The number of nitrogens with zero attached hydrogens (tertiary/aromatic N) is 1. The summed E-state index contributed by atoms with van der Waals surface area (Å²) < 4.78 is 0.